The number of ether oxygens (including phenoxy) is 2. The van der Waals surface area contributed by atoms with Gasteiger partial charge in [-0.1, -0.05) is 12.1 Å². The van der Waals surface area contributed by atoms with E-state index >= 15 is 0 Å². The Morgan fingerprint density at radius 3 is 1.80 bits per heavy atom. The summed E-state index contributed by atoms with van der Waals surface area (Å²) < 4.78 is 11.0. The Morgan fingerprint density at radius 2 is 1.36 bits per heavy atom. The lowest BCUT2D eigenvalue weighted by atomic mass is 10.2. The number of benzene rings is 2. The maximum atomic E-state index is 10.7. The van der Waals surface area contributed by atoms with Crippen molar-refractivity contribution in [2.24, 2.45) is 0 Å². The quantitative estimate of drug-likeness (QED) is 0.380. The number of aromatic carboxylic acids is 1. The normalized spacial score (nSPS) is 11.0. The van der Waals surface area contributed by atoms with Crippen molar-refractivity contribution in [3.8, 4) is 11.5 Å². The molecule has 0 spiro atoms. The SMILES string of the molecule is O=C(O)C(S)=Cc1ccc(OCCOc2ccc(C(=O)O)cc2)cc1. The minimum absolute atomic E-state index is 0.0454. The summed E-state index contributed by atoms with van der Waals surface area (Å²) in [7, 11) is 0. The average molecular weight is 360 g/mol. The maximum Gasteiger partial charge on any atom is 0.341 e. The van der Waals surface area contributed by atoms with Crippen LogP contribution >= 0.6 is 12.6 Å². The van der Waals surface area contributed by atoms with Gasteiger partial charge in [0, 0.05) is 0 Å². The van der Waals surface area contributed by atoms with Gasteiger partial charge in [0.2, 0.25) is 0 Å². The first-order valence-electron chi connectivity index (χ1n) is 7.28. The lowest BCUT2D eigenvalue weighted by Gasteiger charge is -2.09. The Morgan fingerprint density at radius 1 is 0.880 bits per heavy atom. The molecule has 0 atom stereocenters. The molecule has 0 aliphatic rings. The third-order valence-corrected chi connectivity index (χ3v) is 3.45. The predicted octanol–water partition coefficient (Wildman–Crippen LogP) is 3.20. The first-order valence-corrected chi connectivity index (χ1v) is 7.73. The number of carbonyl (C=O) groups is 2. The van der Waals surface area contributed by atoms with Gasteiger partial charge in [-0.25, -0.2) is 9.59 Å². The Balaban J connectivity index is 1.79. The Kier molecular flexibility index (Phi) is 6.47. The minimum atomic E-state index is -1.09. The van der Waals surface area contributed by atoms with Gasteiger partial charge in [-0.2, -0.15) is 0 Å². The molecule has 6 nitrogen and oxygen atoms in total. The summed E-state index contributed by atoms with van der Waals surface area (Å²) in [6.45, 7) is 0.608. The summed E-state index contributed by atoms with van der Waals surface area (Å²) in [5, 5.41) is 17.6. The number of hydrogen-bond acceptors (Lipinski definition) is 5. The summed E-state index contributed by atoms with van der Waals surface area (Å²) in [6, 6.07) is 13.0. The fourth-order valence-corrected chi connectivity index (χ4v) is 2.04. The summed E-state index contributed by atoms with van der Waals surface area (Å²) in [5.74, 6) is -0.888. The molecular formula is C18H16O6S. The molecule has 0 aliphatic carbocycles. The fraction of sp³-hybridized carbons (Fsp3) is 0.111. The monoisotopic (exact) mass is 360 g/mol. The van der Waals surface area contributed by atoms with Crippen molar-refractivity contribution in [3.05, 3.63) is 64.6 Å². The lowest BCUT2D eigenvalue weighted by molar-refractivity contribution is -0.131. The van der Waals surface area contributed by atoms with Crippen LogP contribution in [0.1, 0.15) is 15.9 Å². The Labute approximate surface area is 149 Å². The zero-order valence-electron chi connectivity index (χ0n) is 13.1. The van der Waals surface area contributed by atoms with Gasteiger partial charge in [-0.05, 0) is 48.0 Å². The van der Waals surface area contributed by atoms with E-state index in [9.17, 15) is 9.59 Å². The fourth-order valence-electron chi connectivity index (χ4n) is 1.89. The second kappa shape index (κ2) is 8.79. The number of carboxylic acid groups (broad SMARTS) is 2. The molecule has 0 saturated heterocycles. The second-order valence-electron chi connectivity index (χ2n) is 4.93. The van der Waals surface area contributed by atoms with E-state index in [2.05, 4.69) is 12.6 Å². The minimum Gasteiger partial charge on any atom is -0.490 e. The molecule has 0 aliphatic heterocycles. The summed E-state index contributed by atoms with van der Waals surface area (Å²) >= 11 is 3.86. The molecule has 7 heteroatoms. The van der Waals surface area contributed by atoms with Crippen molar-refractivity contribution in [2.75, 3.05) is 13.2 Å². The highest BCUT2D eigenvalue weighted by Crippen LogP contribution is 2.16. The van der Waals surface area contributed by atoms with Crippen LogP contribution in [0.2, 0.25) is 0 Å². The summed E-state index contributed by atoms with van der Waals surface area (Å²) in [6.07, 6.45) is 1.44. The van der Waals surface area contributed by atoms with Gasteiger partial charge >= 0.3 is 11.9 Å². The van der Waals surface area contributed by atoms with Gasteiger partial charge in [0.25, 0.3) is 0 Å². The van der Waals surface area contributed by atoms with Crippen LogP contribution in [0.15, 0.2) is 53.4 Å². The Bertz CT molecular complexity index is 765. The molecule has 0 unspecified atom stereocenters. The van der Waals surface area contributed by atoms with E-state index in [0.717, 1.165) is 0 Å². The molecule has 130 valence electrons. The van der Waals surface area contributed by atoms with E-state index in [1.807, 2.05) is 0 Å². The van der Waals surface area contributed by atoms with Crippen LogP contribution in [-0.4, -0.2) is 35.4 Å². The standard InChI is InChI=1S/C18H16O6S/c19-17(20)13-3-7-15(8-4-13)24-10-9-23-14-5-1-12(2-6-14)11-16(25)18(21)22/h1-8,11,25H,9-10H2,(H,19,20)(H,21,22). The Hall–Kier alpha value is -2.93. The van der Waals surface area contributed by atoms with Crippen molar-refractivity contribution in [1.82, 2.24) is 0 Å². The number of carboxylic acids is 2. The summed E-state index contributed by atoms with van der Waals surface area (Å²) in [5.41, 5.74) is 0.902. The molecule has 0 saturated carbocycles. The first kappa shape index (κ1) is 18.4. The van der Waals surface area contributed by atoms with Gasteiger partial charge in [-0.15, -0.1) is 12.6 Å². The van der Waals surface area contributed by atoms with E-state index < -0.39 is 11.9 Å². The third-order valence-electron chi connectivity index (χ3n) is 3.12. The highest BCUT2D eigenvalue weighted by molar-refractivity contribution is 7.85. The van der Waals surface area contributed by atoms with Crippen molar-refractivity contribution in [2.45, 2.75) is 0 Å². The third kappa shape index (κ3) is 5.89. The van der Waals surface area contributed by atoms with Crippen LogP contribution in [0, 0.1) is 0 Å². The van der Waals surface area contributed by atoms with E-state index in [1.165, 1.54) is 18.2 Å². The molecule has 0 amide bonds. The number of rotatable bonds is 8. The predicted molar refractivity (Wildman–Crippen MR) is 95.4 cm³/mol. The van der Waals surface area contributed by atoms with Gasteiger partial charge in [-0.3, -0.25) is 0 Å². The molecule has 0 radical (unpaired) electrons. The molecule has 25 heavy (non-hydrogen) atoms. The van der Waals surface area contributed by atoms with Crippen molar-refractivity contribution in [3.63, 3.8) is 0 Å². The van der Waals surface area contributed by atoms with Crippen LogP contribution < -0.4 is 9.47 Å². The topological polar surface area (TPSA) is 93.1 Å². The van der Waals surface area contributed by atoms with Crippen molar-refractivity contribution in [1.29, 1.82) is 0 Å². The van der Waals surface area contributed by atoms with E-state index in [1.54, 1.807) is 36.4 Å². The van der Waals surface area contributed by atoms with E-state index in [0.29, 0.717) is 30.3 Å². The first-order chi connectivity index (χ1) is 12.0. The molecule has 2 N–H and O–H groups in total. The van der Waals surface area contributed by atoms with Crippen LogP contribution in [-0.2, 0) is 4.79 Å². The second-order valence-corrected chi connectivity index (χ2v) is 5.41. The van der Waals surface area contributed by atoms with Crippen LogP contribution in [0.5, 0.6) is 11.5 Å². The van der Waals surface area contributed by atoms with E-state index in [4.69, 9.17) is 19.7 Å². The molecule has 0 fully saturated rings. The summed E-state index contributed by atoms with van der Waals surface area (Å²) in [4.78, 5) is 21.4. The maximum absolute atomic E-state index is 10.7. The number of hydrogen-bond donors (Lipinski definition) is 3. The van der Waals surface area contributed by atoms with E-state index in [-0.39, 0.29) is 10.5 Å². The number of aliphatic carboxylic acids is 1. The zero-order chi connectivity index (χ0) is 18.2. The molecule has 0 aromatic heterocycles. The average Bonchev–Trinajstić information content (AvgIpc) is 2.60. The molecule has 2 aromatic carbocycles. The molecular weight excluding hydrogens is 344 g/mol. The largest absolute Gasteiger partial charge is 0.490 e. The highest BCUT2D eigenvalue weighted by Gasteiger charge is 2.03. The zero-order valence-corrected chi connectivity index (χ0v) is 14.0. The van der Waals surface area contributed by atoms with Crippen LogP contribution in [0.25, 0.3) is 6.08 Å². The van der Waals surface area contributed by atoms with Gasteiger partial charge in [0.1, 0.15) is 24.7 Å². The molecule has 2 rings (SSSR count). The van der Waals surface area contributed by atoms with Crippen molar-refractivity contribution >= 4 is 30.6 Å². The van der Waals surface area contributed by atoms with Gasteiger partial charge in [0.15, 0.2) is 0 Å². The van der Waals surface area contributed by atoms with Gasteiger partial charge in [0.05, 0.1) is 10.5 Å². The van der Waals surface area contributed by atoms with Crippen molar-refractivity contribution < 1.29 is 29.3 Å². The molecule has 0 bridgehead atoms. The number of thiol groups is 1. The molecule has 2 aromatic rings. The molecule has 0 heterocycles. The van der Waals surface area contributed by atoms with Crippen LogP contribution in [0.4, 0.5) is 0 Å². The smallest absolute Gasteiger partial charge is 0.341 e. The lowest BCUT2D eigenvalue weighted by Crippen LogP contribution is -2.09. The van der Waals surface area contributed by atoms with Crippen LogP contribution in [0.3, 0.4) is 0 Å². The highest BCUT2D eigenvalue weighted by atomic mass is 32.1. The van der Waals surface area contributed by atoms with Gasteiger partial charge < -0.3 is 19.7 Å².